The summed E-state index contributed by atoms with van der Waals surface area (Å²) in [5.74, 6) is -0.427. The Morgan fingerprint density at radius 3 is 2.68 bits per heavy atom. The molecule has 31 heavy (non-hydrogen) atoms. The van der Waals surface area contributed by atoms with Crippen LogP contribution in [-0.4, -0.2) is 32.6 Å². The van der Waals surface area contributed by atoms with Crippen molar-refractivity contribution in [3.05, 3.63) is 29.6 Å². The van der Waals surface area contributed by atoms with Gasteiger partial charge in [-0.25, -0.2) is 17.5 Å². The van der Waals surface area contributed by atoms with Gasteiger partial charge in [0, 0.05) is 18.4 Å². The first-order chi connectivity index (χ1) is 14.7. The molecule has 172 valence electrons. The monoisotopic (exact) mass is 454 g/mol. The summed E-state index contributed by atoms with van der Waals surface area (Å²) < 4.78 is 47.0. The van der Waals surface area contributed by atoms with E-state index < -0.39 is 21.9 Å². The first kappa shape index (κ1) is 23.7. The maximum absolute atomic E-state index is 14.0. The van der Waals surface area contributed by atoms with Gasteiger partial charge in [0.05, 0.1) is 12.4 Å². The maximum Gasteiger partial charge on any atom is 0.229 e. The van der Waals surface area contributed by atoms with E-state index in [-0.39, 0.29) is 29.2 Å². The third kappa shape index (κ3) is 7.57. The molecule has 9 heteroatoms. The van der Waals surface area contributed by atoms with Crippen LogP contribution in [0.4, 0.5) is 4.39 Å². The fourth-order valence-electron chi connectivity index (χ4n) is 3.66. The molecule has 1 aromatic rings. The Balaban J connectivity index is 1.40. The van der Waals surface area contributed by atoms with E-state index in [1.165, 1.54) is 6.07 Å². The molecule has 3 rings (SSSR count). The largest absolute Gasteiger partial charge is 0.490 e. The number of hydrogen-bond acceptors (Lipinski definition) is 5. The highest BCUT2D eigenvalue weighted by Gasteiger charge is 2.26. The molecule has 0 bridgehead atoms. The summed E-state index contributed by atoms with van der Waals surface area (Å²) in [5, 5.41) is 2.34. The summed E-state index contributed by atoms with van der Waals surface area (Å²) in [6.07, 6.45) is 5.68. The first-order valence-electron chi connectivity index (χ1n) is 11.0. The molecule has 0 radical (unpaired) electrons. The average Bonchev–Trinajstić information content (AvgIpc) is 3.52. The van der Waals surface area contributed by atoms with Gasteiger partial charge in [-0.15, -0.1) is 0 Å². The van der Waals surface area contributed by atoms with E-state index in [1.807, 2.05) is 0 Å². The Bertz CT molecular complexity index is 901. The minimum atomic E-state index is -3.50. The smallest absolute Gasteiger partial charge is 0.229 e. The SMILES string of the molecule is CC(NS(=O)(=O)CCCCCC1CCC(=O)NC1=O)c1ccc(F)c(OCC2CC2)c1. The summed E-state index contributed by atoms with van der Waals surface area (Å²) >= 11 is 0. The third-order valence-corrected chi connectivity index (χ3v) is 7.34. The van der Waals surface area contributed by atoms with E-state index in [2.05, 4.69) is 10.0 Å². The van der Waals surface area contributed by atoms with Crippen LogP contribution in [0.1, 0.15) is 69.9 Å². The number of carbonyl (C=O) groups excluding carboxylic acids is 2. The van der Waals surface area contributed by atoms with Gasteiger partial charge in [0.25, 0.3) is 0 Å². The number of rotatable bonds is 12. The highest BCUT2D eigenvalue weighted by atomic mass is 32.2. The van der Waals surface area contributed by atoms with Crippen LogP contribution in [0.2, 0.25) is 0 Å². The highest BCUT2D eigenvalue weighted by molar-refractivity contribution is 7.89. The number of benzene rings is 1. The standard InChI is InChI=1S/C22H31FN2O5S/c1-15(18-8-10-19(23)20(13-18)30-14-16-6-7-16)25-31(28,29)12-4-2-3-5-17-9-11-21(26)24-22(17)27/h8,10,13,15-17,25H,2-7,9,11-12,14H2,1H3,(H,24,26,27). The van der Waals surface area contributed by atoms with Crippen LogP contribution in [0.3, 0.4) is 0 Å². The van der Waals surface area contributed by atoms with Gasteiger partial charge in [0.1, 0.15) is 0 Å². The van der Waals surface area contributed by atoms with Crippen molar-refractivity contribution in [2.45, 2.75) is 64.3 Å². The summed E-state index contributed by atoms with van der Waals surface area (Å²) in [6.45, 7) is 2.21. The molecule has 1 aromatic carbocycles. The van der Waals surface area contributed by atoms with E-state index in [0.29, 0.717) is 50.2 Å². The van der Waals surface area contributed by atoms with Crippen LogP contribution in [-0.2, 0) is 19.6 Å². The molecule has 2 N–H and O–H groups in total. The minimum absolute atomic E-state index is 0.0150. The van der Waals surface area contributed by atoms with Crippen LogP contribution in [0.15, 0.2) is 18.2 Å². The van der Waals surface area contributed by atoms with Gasteiger partial charge in [-0.1, -0.05) is 18.9 Å². The fourth-order valence-corrected chi connectivity index (χ4v) is 5.04. The van der Waals surface area contributed by atoms with Crippen LogP contribution >= 0.6 is 0 Å². The molecule has 2 fully saturated rings. The highest BCUT2D eigenvalue weighted by Crippen LogP contribution is 2.31. The number of ether oxygens (including phenoxy) is 1. The van der Waals surface area contributed by atoms with Crippen molar-refractivity contribution < 1.29 is 27.1 Å². The summed E-state index contributed by atoms with van der Waals surface area (Å²) in [5.41, 5.74) is 0.647. The van der Waals surface area contributed by atoms with Gasteiger partial charge in [-0.2, -0.15) is 0 Å². The number of nitrogens with one attached hydrogen (secondary N) is 2. The van der Waals surface area contributed by atoms with Crippen LogP contribution in [0.25, 0.3) is 0 Å². The second kappa shape index (κ2) is 10.5. The maximum atomic E-state index is 14.0. The molecular weight excluding hydrogens is 423 g/mol. The molecule has 1 saturated heterocycles. The zero-order chi connectivity index (χ0) is 22.4. The summed E-state index contributed by atoms with van der Waals surface area (Å²) in [4.78, 5) is 22.9. The van der Waals surface area contributed by atoms with E-state index in [9.17, 15) is 22.4 Å². The van der Waals surface area contributed by atoms with Crippen molar-refractivity contribution in [2.24, 2.45) is 11.8 Å². The number of halogens is 1. The lowest BCUT2D eigenvalue weighted by Crippen LogP contribution is -2.40. The minimum Gasteiger partial charge on any atom is -0.490 e. The zero-order valence-corrected chi connectivity index (χ0v) is 18.7. The van der Waals surface area contributed by atoms with Crippen LogP contribution in [0.5, 0.6) is 5.75 Å². The van der Waals surface area contributed by atoms with Crippen LogP contribution < -0.4 is 14.8 Å². The Kier molecular flexibility index (Phi) is 8.05. The molecule has 2 unspecified atom stereocenters. The van der Waals surface area contributed by atoms with Crippen molar-refractivity contribution in [1.82, 2.24) is 10.0 Å². The van der Waals surface area contributed by atoms with Gasteiger partial charge in [0.15, 0.2) is 11.6 Å². The predicted molar refractivity (Wildman–Crippen MR) is 114 cm³/mol. The quantitative estimate of drug-likeness (QED) is 0.373. The van der Waals surface area contributed by atoms with Crippen molar-refractivity contribution in [2.75, 3.05) is 12.4 Å². The number of unbranched alkanes of at least 4 members (excludes halogenated alkanes) is 2. The molecule has 1 aliphatic carbocycles. The number of hydrogen-bond donors (Lipinski definition) is 2. The molecule has 2 amide bonds. The second-order valence-electron chi connectivity index (χ2n) is 8.60. The number of imide groups is 1. The Hall–Kier alpha value is -2.00. The molecule has 0 aromatic heterocycles. The molecule has 0 spiro atoms. The number of piperidine rings is 1. The average molecular weight is 455 g/mol. The first-order valence-corrected chi connectivity index (χ1v) is 12.6. The zero-order valence-electron chi connectivity index (χ0n) is 17.9. The molecule has 1 saturated carbocycles. The number of sulfonamides is 1. The lowest BCUT2D eigenvalue weighted by atomic mass is 9.92. The Morgan fingerprint density at radius 1 is 1.19 bits per heavy atom. The normalized spacial score (nSPS) is 20.4. The lowest BCUT2D eigenvalue weighted by Gasteiger charge is -2.20. The summed E-state index contributed by atoms with van der Waals surface area (Å²) in [6, 6.07) is 3.92. The Morgan fingerprint density at radius 2 is 1.97 bits per heavy atom. The topological polar surface area (TPSA) is 102 Å². The fraction of sp³-hybridized carbons (Fsp3) is 0.636. The third-order valence-electron chi connectivity index (χ3n) is 5.80. The van der Waals surface area contributed by atoms with Gasteiger partial charge in [-0.3, -0.25) is 14.9 Å². The number of amides is 2. The molecule has 1 aliphatic heterocycles. The molecule has 2 atom stereocenters. The molecular formula is C22H31FN2O5S. The van der Waals surface area contributed by atoms with Gasteiger partial charge in [0.2, 0.25) is 21.8 Å². The van der Waals surface area contributed by atoms with Crippen molar-refractivity contribution in [3.63, 3.8) is 0 Å². The van der Waals surface area contributed by atoms with Crippen molar-refractivity contribution >= 4 is 21.8 Å². The predicted octanol–water partition coefficient (Wildman–Crippen LogP) is 3.21. The van der Waals surface area contributed by atoms with E-state index in [1.54, 1.807) is 19.1 Å². The second-order valence-corrected chi connectivity index (χ2v) is 10.5. The van der Waals surface area contributed by atoms with E-state index in [0.717, 1.165) is 19.3 Å². The van der Waals surface area contributed by atoms with Gasteiger partial charge >= 0.3 is 0 Å². The van der Waals surface area contributed by atoms with E-state index >= 15 is 0 Å². The van der Waals surface area contributed by atoms with Crippen LogP contribution in [0, 0.1) is 17.7 Å². The molecule has 1 heterocycles. The van der Waals surface area contributed by atoms with Crippen molar-refractivity contribution in [1.29, 1.82) is 0 Å². The van der Waals surface area contributed by atoms with E-state index in [4.69, 9.17) is 4.74 Å². The molecule has 7 nitrogen and oxygen atoms in total. The molecule has 2 aliphatic rings. The summed E-state index contributed by atoms with van der Waals surface area (Å²) in [7, 11) is -3.50. The van der Waals surface area contributed by atoms with Crippen molar-refractivity contribution in [3.8, 4) is 5.75 Å². The number of carbonyl (C=O) groups is 2. The van der Waals surface area contributed by atoms with Gasteiger partial charge < -0.3 is 4.74 Å². The lowest BCUT2D eigenvalue weighted by molar-refractivity contribution is -0.136. The Labute approximate surface area is 183 Å². The van der Waals surface area contributed by atoms with Gasteiger partial charge in [-0.05, 0) is 62.6 Å².